The second-order valence-electron chi connectivity index (χ2n) is 16.6. The Bertz CT molecular complexity index is 3390. The number of rotatable bonds is 8. The van der Waals surface area contributed by atoms with Crippen molar-refractivity contribution in [2.24, 2.45) is 0 Å². The van der Waals surface area contributed by atoms with E-state index < -0.39 is 0 Å². The molecule has 1 N–H and O–H groups in total. The van der Waals surface area contributed by atoms with Crippen LogP contribution in [0.1, 0.15) is 50.7 Å². The van der Waals surface area contributed by atoms with Gasteiger partial charge in [0.2, 0.25) is 0 Å². The van der Waals surface area contributed by atoms with Crippen LogP contribution in [0.4, 0.5) is 11.4 Å². The second kappa shape index (κ2) is 15.6. The predicted molar refractivity (Wildman–Crippen MR) is 257 cm³/mol. The maximum atomic E-state index is 11.5. The molecule has 0 unspecified atom stereocenters. The molecule has 0 aliphatic rings. The van der Waals surface area contributed by atoms with Crippen LogP contribution < -0.4 is 0 Å². The molecule has 10 aromatic rings. The second-order valence-corrected chi connectivity index (χ2v) is 16.6. The molecule has 0 bridgehead atoms. The lowest BCUT2D eigenvalue weighted by atomic mass is 9.87. The van der Waals surface area contributed by atoms with Crippen LogP contribution in [0.25, 0.3) is 98.8 Å². The predicted octanol–water partition coefficient (Wildman–Crippen LogP) is 15.2. The first kappa shape index (κ1) is 38.9. The number of pyridine rings is 1. The summed E-state index contributed by atoms with van der Waals surface area (Å²) in [6, 6.07) is 53.3. The van der Waals surface area contributed by atoms with E-state index in [2.05, 4.69) is 156 Å². The van der Waals surface area contributed by atoms with Crippen LogP contribution in [0, 0.1) is 13.1 Å². The molecule has 63 heavy (non-hydrogen) atoms. The summed E-state index contributed by atoms with van der Waals surface area (Å²) in [4.78, 5) is 17.5. The molecule has 0 saturated heterocycles. The largest absolute Gasteiger partial charge is 0.507 e. The molecule has 7 nitrogen and oxygen atoms in total. The molecular formula is C56H42N6O. The van der Waals surface area contributed by atoms with Crippen LogP contribution in [0.2, 0.25) is 0 Å². The van der Waals surface area contributed by atoms with Crippen molar-refractivity contribution in [1.29, 1.82) is 0 Å². The van der Waals surface area contributed by atoms with E-state index in [1.54, 1.807) is 12.1 Å². The molecule has 0 saturated carbocycles. The fraction of sp³-hybridized carbons (Fsp3) is 0.107. The molecule has 0 aliphatic carbocycles. The molecule has 0 fully saturated rings. The maximum absolute atomic E-state index is 11.5. The van der Waals surface area contributed by atoms with Crippen LogP contribution in [0.5, 0.6) is 5.75 Å². The summed E-state index contributed by atoms with van der Waals surface area (Å²) >= 11 is 0. The Kier molecular flexibility index (Phi) is 9.66. The molecular weight excluding hydrogens is 773 g/mol. The van der Waals surface area contributed by atoms with Crippen molar-refractivity contribution in [3.8, 4) is 61.9 Å². The number of para-hydroxylation sites is 3. The number of nitrogens with zero attached hydrogens (tertiary/aromatic N) is 6. The van der Waals surface area contributed by atoms with Crippen LogP contribution in [-0.2, 0) is 0 Å². The van der Waals surface area contributed by atoms with Crippen molar-refractivity contribution >= 4 is 44.3 Å². The van der Waals surface area contributed by atoms with Crippen molar-refractivity contribution in [3.63, 3.8) is 0 Å². The van der Waals surface area contributed by atoms with Crippen molar-refractivity contribution in [2.75, 3.05) is 0 Å². The average molecular weight is 815 g/mol. The van der Waals surface area contributed by atoms with Crippen LogP contribution in [0.3, 0.4) is 0 Å². The van der Waals surface area contributed by atoms with E-state index in [-0.39, 0.29) is 17.6 Å². The summed E-state index contributed by atoms with van der Waals surface area (Å²) in [5.74, 6) is 1.10. The Morgan fingerprint density at radius 3 is 1.81 bits per heavy atom. The summed E-state index contributed by atoms with van der Waals surface area (Å²) in [6.45, 7) is 24.0. The number of aromatic nitrogens is 4. The number of benzene rings is 7. The van der Waals surface area contributed by atoms with Crippen LogP contribution in [-0.4, -0.2) is 24.2 Å². The van der Waals surface area contributed by atoms with E-state index in [0.717, 1.165) is 88.9 Å². The van der Waals surface area contributed by atoms with Crippen LogP contribution in [0.15, 0.2) is 164 Å². The molecule has 7 aromatic carbocycles. The molecule has 0 amide bonds. The molecule has 0 radical (unpaired) electrons. The highest BCUT2D eigenvalue weighted by atomic mass is 16.3. The zero-order valence-electron chi connectivity index (χ0n) is 35.4. The van der Waals surface area contributed by atoms with Gasteiger partial charge >= 0.3 is 0 Å². The highest BCUT2D eigenvalue weighted by Crippen LogP contribution is 2.44. The number of imidazole rings is 1. The van der Waals surface area contributed by atoms with Gasteiger partial charge in [-0.2, -0.15) is 0 Å². The van der Waals surface area contributed by atoms with Crippen molar-refractivity contribution in [3.05, 3.63) is 198 Å². The van der Waals surface area contributed by atoms with Gasteiger partial charge in [0.1, 0.15) is 17.2 Å². The van der Waals surface area contributed by atoms with Gasteiger partial charge < -0.3 is 5.11 Å². The molecule has 10 rings (SSSR count). The highest BCUT2D eigenvalue weighted by Gasteiger charge is 2.26. The smallest absolute Gasteiger partial charge is 0.177 e. The Balaban J connectivity index is 1.17. The Morgan fingerprint density at radius 2 is 1.13 bits per heavy atom. The van der Waals surface area contributed by atoms with E-state index in [0.29, 0.717) is 22.8 Å². The topological polar surface area (TPSA) is 64.6 Å². The number of phenols is 1. The van der Waals surface area contributed by atoms with Crippen LogP contribution >= 0.6 is 0 Å². The highest BCUT2D eigenvalue weighted by molar-refractivity contribution is 6.08. The van der Waals surface area contributed by atoms with Crippen molar-refractivity contribution in [1.82, 2.24) is 19.1 Å². The summed E-state index contributed by atoms with van der Waals surface area (Å²) < 4.78 is 4.50. The number of fused-ring (bicyclic) bond motifs is 4. The van der Waals surface area contributed by atoms with Gasteiger partial charge in [0.05, 0.1) is 40.9 Å². The lowest BCUT2D eigenvalue weighted by Crippen LogP contribution is -2.09. The first-order valence-corrected chi connectivity index (χ1v) is 21.2. The van der Waals surface area contributed by atoms with Gasteiger partial charge in [-0.3, -0.25) is 9.13 Å². The monoisotopic (exact) mass is 814 g/mol. The molecule has 3 heterocycles. The van der Waals surface area contributed by atoms with Gasteiger partial charge in [0.15, 0.2) is 11.4 Å². The fourth-order valence-corrected chi connectivity index (χ4v) is 9.00. The van der Waals surface area contributed by atoms with E-state index in [4.69, 9.17) is 23.1 Å². The summed E-state index contributed by atoms with van der Waals surface area (Å²) in [7, 11) is 0. The van der Waals surface area contributed by atoms with E-state index >= 15 is 0 Å². The minimum atomic E-state index is 0.134. The summed E-state index contributed by atoms with van der Waals surface area (Å²) in [5, 5.41) is 13.7. The van der Waals surface area contributed by atoms with Crippen molar-refractivity contribution < 1.29 is 5.11 Å². The lowest BCUT2D eigenvalue weighted by Gasteiger charge is -2.24. The van der Waals surface area contributed by atoms with E-state index in [9.17, 15) is 5.11 Å². The van der Waals surface area contributed by atoms with Crippen molar-refractivity contribution in [2.45, 2.75) is 39.5 Å². The first-order chi connectivity index (χ1) is 30.7. The van der Waals surface area contributed by atoms with Gasteiger partial charge in [-0.25, -0.2) is 19.7 Å². The maximum Gasteiger partial charge on any atom is 0.177 e. The SMILES string of the molecule is [C-]#[N+]c1cc([N+]#[C-])cc(-c2ccc(-c3cc(C(C)C)c(-n4c(-c5ccccc5O)nc5c(-c6cccc(-n7c8ccccc8c8cccnc87)c6)cccc54)c(C(C)C)c3)cc2)c1. The van der Waals surface area contributed by atoms with Gasteiger partial charge in [0.25, 0.3) is 0 Å². The van der Waals surface area contributed by atoms with E-state index in [1.807, 2.05) is 42.6 Å². The van der Waals surface area contributed by atoms with Gasteiger partial charge in [-0.05, 0) is 111 Å². The lowest BCUT2D eigenvalue weighted by molar-refractivity contribution is 0.477. The Morgan fingerprint density at radius 1 is 0.524 bits per heavy atom. The third kappa shape index (κ3) is 6.68. The van der Waals surface area contributed by atoms with Gasteiger partial charge in [-0.1, -0.05) is 125 Å². The molecule has 302 valence electrons. The zero-order chi connectivity index (χ0) is 43.4. The quantitative estimate of drug-likeness (QED) is 0.155. The Labute approximate surface area is 366 Å². The molecule has 0 spiro atoms. The first-order valence-electron chi connectivity index (χ1n) is 21.2. The summed E-state index contributed by atoms with van der Waals surface area (Å²) in [5.41, 5.74) is 15.7. The summed E-state index contributed by atoms with van der Waals surface area (Å²) in [6.07, 6.45) is 1.85. The molecule has 0 atom stereocenters. The molecule has 7 heteroatoms. The van der Waals surface area contributed by atoms with Gasteiger partial charge in [0, 0.05) is 28.2 Å². The number of phenolic OH excluding ortho intramolecular Hbond substituents is 1. The Hall–Kier alpha value is -8.26. The number of aromatic hydroxyl groups is 1. The zero-order valence-corrected chi connectivity index (χ0v) is 35.4. The minimum absolute atomic E-state index is 0.134. The standard InChI is InChI=1S/C56H42N6O/c1-34(2)48-31-40(37-25-23-36(24-26-37)39-28-41(57-5)33-42(29-39)58-6)32-49(35(3)4)54(48)62-51-21-12-18-44(53(51)60-56(62)47-17-8-10-22-52(47)63)38-14-11-15-43(30-38)61-50-20-9-7-16-45(50)46-19-13-27-59-55(46)61/h7-35,63H,1-4H3. The third-order valence-corrected chi connectivity index (χ3v) is 12.0. The van der Waals surface area contributed by atoms with E-state index in [1.165, 1.54) is 0 Å². The average Bonchev–Trinajstić information content (AvgIpc) is 3.87. The molecule has 3 aromatic heterocycles. The number of hydrogen-bond donors (Lipinski definition) is 1. The van der Waals surface area contributed by atoms with Gasteiger partial charge in [-0.15, -0.1) is 0 Å². The normalized spacial score (nSPS) is 11.5. The molecule has 0 aliphatic heterocycles. The minimum Gasteiger partial charge on any atom is -0.507 e. The fourth-order valence-electron chi connectivity index (χ4n) is 9.00. The number of hydrogen-bond acceptors (Lipinski definition) is 3. The third-order valence-electron chi connectivity index (χ3n) is 12.0.